The molecule has 0 fully saturated rings. The van der Waals surface area contributed by atoms with Crippen molar-refractivity contribution in [3.8, 4) is 34.3 Å². The van der Waals surface area contributed by atoms with Gasteiger partial charge in [-0.05, 0) is 46.3 Å². The number of carbonyl (C=O) groups is 1. The molecule has 9 nitrogen and oxygen atoms in total. The largest absolute Gasteiger partial charge is 0.383 e. The van der Waals surface area contributed by atoms with Gasteiger partial charge in [0.1, 0.15) is 17.9 Å². The normalized spacial score (nSPS) is 10.5. The number of nitrogens with zero attached hydrogens (tertiary/aromatic N) is 6. The standard InChI is InChI=1S/C21H14F2N8O/c22-16-2-1-3-17(19(16)23)31-21(28-29-30-31)15-10-13(11-26-20(15)25)12-4-6-14(7-5-12)27-18(32)8-9-24/h1-7,10-11H,8H2,(H2,25,26)(H,27,32). The second kappa shape index (κ2) is 8.57. The van der Waals surface area contributed by atoms with Gasteiger partial charge in [0.05, 0.1) is 11.6 Å². The molecule has 32 heavy (non-hydrogen) atoms. The molecule has 0 bridgehead atoms. The molecular formula is C21H14F2N8O. The number of nitriles is 1. The van der Waals surface area contributed by atoms with Gasteiger partial charge in [-0.2, -0.15) is 9.94 Å². The van der Waals surface area contributed by atoms with Crippen LogP contribution in [-0.2, 0) is 4.79 Å². The van der Waals surface area contributed by atoms with Crippen LogP contribution in [0.1, 0.15) is 6.42 Å². The molecule has 4 rings (SSSR count). The van der Waals surface area contributed by atoms with E-state index in [1.165, 1.54) is 12.1 Å². The molecule has 0 aliphatic heterocycles. The van der Waals surface area contributed by atoms with Gasteiger partial charge in [0.2, 0.25) is 5.91 Å². The Labute approximate surface area is 180 Å². The molecule has 0 saturated carbocycles. The van der Waals surface area contributed by atoms with Gasteiger partial charge in [-0.1, -0.05) is 18.2 Å². The number of nitrogen functional groups attached to an aromatic ring is 1. The quantitative estimate of drug-likeness (QED) is 0.495. The number of aromatic nitrogens is 5. The Balaban J connectivity index is 1.70. The molecule has 0 saturated heterocycles. The van der Waals surface area contributed by atoms with Gasteiger partial charge in [0, 0.05) is 17.4 Å². The number of pyridine rings is 1. The highest BCUT2D eigenvalue weighted by Gasteiger charge is 2.19. The zero-order chi connectivity index (χ0) is 22.7. The van der Waals surface area contributed by atoms with Crippen molar-refractivity contribution < 1.29 is 13.6 Å². The molecule has 158 valence electrons. The summed E-state index contributed by atoms with van der Waals surface area (Å²) in [6.07, 6.45) is 1.30. The summed E-state index contributed by atoms with van der Waals surface area (Å²) >= 11 is 0. The minimum Gasteiger partial charge on any atom is -0.383 e. The van der Waals surface area contributed by atoms with E-state index in [2.05, 4.69) is 25.8 Å². The van der Waals surface area contributed by atoms with Crippen molar-refractivity contribution in [2.24, 2.45) is 0 Å². The number of amides is 1. The van der Waals surface area contributed by atoms with E-state index in [-0.39, 0.29) is 23.8 Å². The molecule has 2 aromatic heterocycles. The van der Waals surface area contributed by atoms with Crippen molar-refractivity contribution in [2.45, 2.75) is 6.42 Å². The first-order valence-electron chi connectivity index (χ1n) is 9.24. The predicted octanol–water partition coefficient (Wildman–Crippen LogP) is 3.10. The van der Waals surface area contributed by atoms with Crippen molar-refractivity contribution in [3.05, 3.63) is 66.4 Å². The summed E-state index contributed by atoms with van der Waals surface area (Å²) in [5.41, 5.74) is 8.09. The number of halogens is 2. The van der Waals surface area contributed by atoms with Crippen LogP contribution in [0.5, 0.6) is 0 Å². The Bertz CT molecular complexity index is 1340. The molecule has 4 aromatic rings. The molecule has 11 heteroatoms. The summed E-state index contributed by atoms with van der Waals surface area (Å²) in [6, 6.07) is 14.0. The number of benzene rings is 2. The Morgan fingerprint density at radius 3 is 2.69 bits per heavy atom. The van der Waals surface area contributed by atoms with Gasteiger partial charge in [0.25, 0.3) is 0 Å². The van der Waals surface area contributed by atoms with Gasteiger partial charge in [0.15, 0.2) is 17.5 Å². The number of anilines is 2. The summed E-state index contributed by atoms with van der Waals surface area (Å²) in [5.74, 6) is -2.36. The fourth-order valence-corrected chi connectivity index (χ4v) is 3.01. The smallest absolute Gasteiger partial charge is 0.238 e. The second-order valence-corrected chi connectivity index (χ2v) is 6.60. The molecule has 0 aliphatic carbocycles. The first kappa shape index (κ1) is 20.5. The van der Waals surface area contributed by atoms with Crippen LogP contribution in [0.25, 0.3) is 28.2 Å². The third kappa shape index (κ3) is 3.97. The number of nitrogens with one attached hydrogen (secondary N) is 1. The minimum atomic E-state index is -1.10. The number of rotatable bonds is 5. The molecule has 0 aliphatic rings. The molecule has 0 radical (unpaired) electrons. The van der Waals surface area contributed by atoms with Gasteiger partial charge < -0.3 is 11.1 Å². The lowest BCUT2D eigenvalue weighted by molar-refractivity contribution is -0.115. The van der Waals surface area contributed by atoms with Crippen LogP contribution in [0.2, 0.25) is 0 Å². The van der Waals surface area contributed by atoms with Crippen LogP contribution in [0.3, 0.4) is 0 Å². The van der Waals surface area contributed by atoms with Gasteiger partial charge >= 0.3 is 0 Å². The average molecular weight is 432 g/mol. The van der Waals surface area contributed by atoms with E-state index in [9.17, 15) is 13.6 Å². The fourth-order valence-electron chi connectivity index (χ4n) is 3.01. The van der Waals surface area contributed by atoms with Crippen molar-refractivity contribution in [2.75, 3.05) is 11.1 Å². The second-order valence-electron chi connectivity index (χ2n) is 6.60. The maximum Gasteiger partial charge on any atom is 0.238 e. The van der Waals surface area contributed by atoms with E-state index in [1.54, 1.807) is 42.6 Å². The molecular weight excluding hydrogens is 418 g/mol. The topological polar surface area (TPSA) is 135 Å². The maximum atomic E-state index is 14.3. The molecule has 1 amide bonds. The van der Waals surface area contributed by atoms with E-state index in [1.807, 2.05) is 0 Å². The fraction of sp³-hybridized carbons (Fsp3) is 0.0476. The van der Waals surface area contributed by atoms with Gasteiger partial charge in [-0.25, -0.2) is 13.8 Å². The Morgan fingerprint density at radius 1 is 1.16 bits per heavy atom. The van der Waals surface area contributed by atoms with Crippen molar-refractivity contribution >= 4 is 17.4 Å². The summed E-state index contributed by atoms with van der Waals surface area (Å²) in [4.78, 5) is 15.7. The lowest BCUT2D eigenvalue weighted by atomic mass is 10.0. The SMILES string of the molecule is N#CCC(=O)Nc1ccc(-c2cnc(N)c(-c3nnnn3-c3cccc(F)c3F)c2)cc1. The molecule has 0 atom stereocenters. The van der Waals surface area contributed by atoms with E-state index >= 15 is 0 Å². The van der Waals surface area contributed by atoms with E-state index in [0.29, 0.717) is 16.8 Å². The molecule has 0 spiro atoms. The van der Waals surface area contributed by atoms with Crippen molar-refractivity contribution in [1.82, 2.24) is 25.2 Å². The summed E-state index contributed by atoms with van der Waals surface area (Å²) < 4.78 is 29.0. The zero-order valence-electron chi connectivity index (χ0n) is 16.3. The number of nitrogens with two attached hydrogens (primary N) is 1. The Hall–Kier alpha value is -4.72. The third-order valence-corrected chi connectivity index (χ3v) is 4.53. The van der Waals surface area contributed by atoms with Crippen LogP contribution in [0, 0.1) is 23.0 Å². The number of hydrogen-bond acceptors (Lipinski definition) is 7. The highest BCUT2D eigenvalue weighted by molar-refractivity contribution is 5.92. The van der Waals surface area contributed by atoms with Crippen molar-refractivity contribution in [3.63, 3.8) is 0 Å². The Morgan fingerprint density at radius 2 is 1.94 bits per heavy atom. The molecule has 0 unspecified atom stereocenters. The van der Waals surface area contributed by atoms with Crippen LogP contribution in [0.4, 0.5) is 20.3 Å². The van der Waals surface area contributed by atoms with Crippen LogP contribution in [0.15, 0.2) is 54.7 Å². The molecule has 2 aromatic carbocycles. The summed E-state index contributed by atoms with van der Waals surface area (Å²) in [6.45, 7) is 0. The summed E-state index contributed by atoms with van der Waals surface area (Å²) in [7, 11) is 0. The Kier molecular flexibility index (Phi) is 5.50. The number of tetrazole rings is 1. The lowest BCUT2D eigenvalue weighted by Gasteiger charge is -2.10. The summed E-state index contributed by atoms with van der Waals surface area (Å²) in [5, 5.41) is 22.4. The van der Waals surface area contributed by atoms with E-state index < -0.39 is 17.5 Å². The maximum absolute atomic E-state index is 14.3. The van der Waals surface area contributed by atoms with Gasteiger partial charge in [-0.3, -0.25) is 4.79 Å². The van der Waals surface area contributed by atoms with Crippen molar-refractivity contribution in [1.29, 1.82) is 5.26 Å². The van der Waals surface area contributed by atoms with Crippen LogP contribution >= 0.6 is 0 Å². The highest BCUT2D eigenvalue weighted by atomic mass is 19.2. The molecule has 3 N–H and O–H groups in total. The number of hydrogen-bond donors (Lipinski definition) is 2. The van der Waals surface area contributed by atoms with Crippen LogP contribution < -0.4 is 11.1 Å². The number of carbonyl (C=O) groups excluding carboxylic acids is 1. The zero-order valence-corrected chi connectivity index (χ0v) is 16.3. The minimum absolute atomic E-state index is 0.0849. The van der Waals surface area contributed by atoms with E-state index in [4.69, 9.17) is 11.0 Å². The van der Waals surface area contributed by atoms with Gasteiger partial charge in [-0.15, -0.1) is 5.10 Å². The van der Waals surface area contributed by atoms with Crippen LogP contribution in [-0.4, -0.2) is 31.1 Å². The first-order chi connectivity index (χ1) is 15.5. The monoisotopic (exact) mass is 432 g/mol. The first-order valence-corrected chi connectivity index (χ1v) is 9.24. The molecule has 2 heterocycles. The highest BCUT2D eigenvalue weighted by Crippen LogP contribution is 2.30. The lowest BCUT2D eigenvalue weighted by Crippen LogP contribution is -2.09. The van der Waals surface area contributed by atoms with E-state index in [0.717, 1.165) is 16.3 Å². The third-order valence-electron chi connectivity index (χ3n) is 4.53. The average Bonchev–Trinajstić information content (AvgIpc) is 3.26. The predicted molar refractivity (Wildman–Crippen MR) is 111 cm³/mol.